The highest BCUT2D eigenvalue weighted by Crippen LogP contribution is 2.30. The number of carbonyl (C=O) groups excluding carboxylic acids is 2. The van der Waals surface area contributed by atoms with Gasteiger partial charge in [0.25, 0.3) is 5.91 Å². The molecule has 6 nitrogen and oxygen atoms in total. The molecule has 8 heteroatoms. The zero-order chi connectivity index (χ0) is 17.5. The Labute approximate surface area is 144 Å². The molecular formula is C16H13ClN2O4S. The Morgan fingerprint density at radius 3 is 2.58 bits per heavy atom. The van der Waals surface area contributed by atoms with E-state index in [1.807, 2.05) is 0 Å². The second-order valence-electron chi connectivity index (χ2n) is 5.26. The molecule has 0 aliphatic carbocycles. The molecule has 1 unspecified atom stereocenters. The van der Waals surface area contributed by atoms with Gasteiger partial charge in [0.1, 0.15) is 5.37 Å². The van der Waals surface area contributed by atoms with Crippen molar-refractivity contribution in [2.75, 3.05) is 5.32 Å². The zero-order valence-corrected chi connectivity index (χ0v) is 14.1. The van der Waals surface area contributed by atoms with E-state index >= 15 is 0 Å². The number of hydrogen-bond acceptors (Lipinski definition) is 4. The van der Waals surface area contributed by atoms with Crippen LogP contribution in [-0.2, 0) is 9.84 Å². The number of amides is 3. The first-order chi connectivity index (χ1) is 11.3. The first kappa shape index (κ1) is 16.5. The van der Waals surface area contributed by atoms with Crippen molar-refractivity contribution in [3.05, 3.63) is 59.1 Å². The van der Waals surface area contributed by atoms with Gasteiger partial charge in [-0.2, -0.15) is 0 Å². The van der Waals surface area contributed by atoms with E-state index in [2.05, 4.69) is 5.32 Å². The van der Waals surface area contributed by atoms with Crippen LogP contribution in [0.15, 0.2) is 53.4 Å². The molecule has 24 heavy (non-hydrogen) atoms. The minimum absolute atomic E-state index is 0.0168. The van der Waals surface area contributed by atoms with Gasteiger partial charge in [0.05, 0.1) is 10.5 Å². The average molecular weight is 365 g/mol. The number of nitrogens with one attached hydrogen (secondary N) is 1. The third-order valence-electron chi connectivity index (χ3n) is 3.75. The lowest BCUT2D eigenvalue weighted by atomic mass is 10.2. The molecular weight excluding hydrogens is 352 g/mol. The quantitative estimate of drug-likeness (QED) is 0.842. The van der Waals surface area contributed by atoms with Crippen molar-refractivity contribution in [2.24, 2.45) is 0 Å². The van der Waals surface area contributed by atoms with Crippen LogP contribution in [0.5, 0.6) is 0 Å². The highest BCUT2D eigenvalue weighted by atomic mass is 35.5. The van der Waals surface area contributed by atoms with Gasteiger partial charge < -0.3 is 5.32 Å². The zero-order valence-electron chi connectivity index (χ0n) is 12.6. The Balaban J connectivity index is 1.99. The maximum Gasteiger partial charge on any atom is 0.329 e. The minimum atomic E-state index is -3.83. The third kappa shape index (κ3) is 2.65. The molecule has 2 aromatic rings. The third-order valence-corrected chi connectivity index (χ3v) is 6.06. The summed E-state index contributed by atoms with van der Waals surface area (Å²) < 4.78 is 25.2. The molecule has 0 radical (unpaired) electrons. The van der Waals surface area contributed by atoms with Crippen LogP contribution in [0, 0.1) is 0 Å². The number of carbonyl (C=O) groups is 2. The molecule has 124 valence electrons. The maximum atomic E-state index is 12.6. The lowest BCUT2D eigenvalue weighted by molar-refractivity contribution is 0.0788. The van der Waals surface area contributed by atoms with Crippen molar-refractivity contribution >= 4 is 39.1 Å². The summed E-state index contributed by atoms with van der Waals surface area (Å²) in [6.45, 7) is 1.31. The Kier molecular flexibility index (Phi) is 4.06. The smallest absolute Gasteiger partial charge is 0.307 e. The Morgan fingerprint density at radius 2 is 1.88 bits per heavy atom. The number of nitrogens with zero attached hydrogens (tertiary/aromatic N) is 1. The molecule has 1 aliphatic heterocycles. The number of urea groups is 1. The molecule has 0 fully saturated rings. The number of halogens is 1. The van der Waals surface area contributed by atoms with Crippen molar-refractivity contribution in [1.29, 1.82) is 0 Å². The van der Waals surface area contributed by atoms with Gasteiger partial charge in [0, 0.05) is 10.7 Å². The second kappa shape index (κ2) is 5.92. The summed E-state index contributed by atoms with van der Waals surface area (Å²) in [7, 11) is -3.83. The number of imide groups is 1. The Hall–Kier alpha value is -2.38. The van der Waals surface area contributed by atoms with E-state index in [0.29, 0.717) is 15.6 Å². The number of anilines is 1. The Bertz CT molecular complexity index is 943. The summed E-state index contributed by atoms with van der Waals surface area (Å²) in [5.74, 6) is -0.660. The number of sulfone groups is 1. The van der Waals surface area contributed by atoms with E-state index in [1.54, 1.807) is 24.3 Å². The van der Waals surface area contributed by atoms with Crippen molar-refractivity contribution in [3.8, 4) is 0 Å². The molecule has 0 saturated heterocycles. The first-order valence-electron chi connectivity index (χ1n) is 7.05. The molecule has 1 aliphatic rings. The predicted octanol–water partition coefficient (Wildman–Crippen LogP) is 3.15. The maximum absolute atomic E-state index is 12.6. The molecule has 0 bridgehead atoms. The largest absolute Gasteiger partial charge is 0.329 e. The predicted molar refractivity (Wildman–Crippen MR) is 89.7 cm³/mol. The molecule has 1 atom stereocenters. The van der Waals surface area contributed by atoms with E-state index in [-0.39, 0.29) is 10.5 Å². The van der Waals surface area contributed by atoms with E-state index in [9.17, 15) is 18.0 Å². The van der Waals surface area contributed by atoms with Crippen LogP contribution in [0.2, 0.25) is 5.02 Å². The lowest BCUT2D eigenvalue weighted by Gasteiger charge is -2.32. The van der Waals surface area contributed by atoms with Gasteiger partial charge in [-0.05, 0) is 37.3 Å². The van der Waals surface area contributed by atoms with Crippen LogP contribution in [-0.4, -0.2) is 30.6 Å². The van der Waals surface area contributed by atoms with Gasteiger partial charge in [0.2, 0.25) is 9.84 Å². The fourth-order valence-electron chi connectivity index (χ4n) is 2.52. The number of fused-ring (bicyclic) bond motifs is 1. The summed E-state index contributed by atoms with van der Waals surface area (Å²) in [6, 6.07) is 11.4. The molecule has 0 saturated carbocycles. The normalized spacial score (nSPS) is 18.8. The molecule has 1 heterocycles. The molecule has 2 aromatic carbocycles. The average Bonchev–Trinajstić information content (AvgIpc) is 2.53. The number of hydrogen-bond donors (Lipinski definition) is 1. The monoisotopic (exact) mass is 364 g/mol. The van der Waals surface area contributed by atoms with Gasteiger partial charge in [-0.25, -0.2) is 18.1 Å². The van der Waals surface area contributed by atoms with Crippen LogP contribution in [0.1, 0.15) is 17.3 Å². The van der Waals surface area contributed by atoms with Gasteiger partial charge >= 0.3 is 6.03 Å². The SMILES string of the molecule is CC1N(C(=O)Nc2cccc(Cl)c2)C(=O)c2ccccc2S1(=O)=O. The topological polar surface area (TPSA) is 83.6 Å². The lowest BCUT2D eigenvalue weighted by Crippen LogP contribution is -2.52. The number of rotatable bonds is 1. The molecule has 0 spiro atoms. The van der Waals surface area contributed by atoms with Crippen LogP contribution < -0.4 is 5.32 Å². The number of benzene rings is 2. The van der Waals surface area contributed by atoms with Crippen molar-refractivity contribution in [3.63, 3.8) is 0 Å². The fourth-order valence-corrected chi connectivity index (χ4v) is 4.27. The van der Waals surface area contributed by atoms with Crippen molar-refractivity contribution < 1.29 is 18.0 Å². The van der Waals surface area contributed by atoms with E-state index < -0.39 is 27.1 Å². The van der Waals surface area contributed by atoms with Gasteiger partial charge in [-0.3, -0.25) is 4.79 Å². The van der Waals surface area contributed by atoms with Crippen LogP contribution in [0.25, 0.3) is 0 Å². The summed E-state index contributed by atoms with van der Waals surface area (Å²) >= 11 is 5.86. The molecule has 3 rings (SSSR count). The highest BCUT2D eigenvalue weighted by Gasteiger charge is 2.44. The van der Waals surface area contributed by atoms with Crippen LogP contribution in [0.4, 0.5) is 10.5 Å². The van der Waals surface area contributed by atoms with E-state index in [0.717, 1.165) is 0 Å². The van der Waals surface area contributed by atoms with Crippen LogP contribution in [0.3, 0.4) is 0 Å². The summed E-state index contributed by atoms with van der Waals surface area (Å²) in [4.78, 5) is 25.7. The van der Waals surface area contributed by atoms with Crippen molar-refractivity contribution in [1.82, 2.24) is 4.90 Å². The van der Waals surface area contributed by atoms with E-state index in [1.165, 1.54) is 31.2 Å². The molecule has 3 amide bonds. The summed E-state index contributed by atoms with van der Waals surface area (Å²) in [5, 5.41) is 1.60. The first-order valence-corrected chi connectivity index (χ1v) is 8.98. The van der Waals surface area contributed by atoms with Gasteiger partial charge in [-0.1, -0.05) is 29.8 Å². The molecule has 1 N–H and O–H groups in total. The van der Waals surface area contributed by atoms with E-state index in [4.69, 9.17) is 11.6 Å². The second-order valence-corrected chi connectivity index (χ2v) is 7.90. The van der Waals surface area contributed by atoms with Gasteiger partial charge in [-0.15, -0.1) is 0 Å². The molecule has 0 aromatic heterocycles. The minimum Gasteiger partial charge on any atom is -0.307 e. The summed E-state index contributed by atoms with van der Waals surface area (Å²) in [6.07, 6.45) is 0. The highest BCUT2D eigenvalue weighted by molar-refractivity contribution is 7.92. The van der Waals surface area contributed by atoms with Crippen LogP contribution >= 0.6 is 11.6 Å². The summed E-state index contributed by atoms with van der Waals surface area (Å²) in [5.41, 5.74) is 0.348. The Morgan fingerprint density at radius 1 is 1.17 bits per heavy atom. The van der Waals surface area contributed by atoms with Gasteiger partial charge in [0.15, 0.2) is 0 Å². The fraction of sp³-hybridized carbons (Fsp3) is 0.125. The standard InChI is InChI=1S/C16H13ClN2O4S/c1-10-19(16(21)18-12-6-4-5-11(17)9-12)15(20)13-7-2-3-8-14(13)24(10,22)23/h2-10H,1H3,(H,18,21). The van der Waals surface area contributed by atoms with Crippen molar-refractivity contribution in [2.45, 2.75) is 17.2 Å².